The van der Waals surface area contributed by atoms with Gasteiger partial charge in [0.1, 0.15) is 0 Å². The minimum atomic E-state index is -2.21. The maximum Gasteiger partial charge on any atom is 0.304 e. The predicted molar refractivity (Wildman–Crippen MR) is 64.0 cm³/mol. The standard InChI is InChI=1S/C13H14F5NO2/c1-6(2)19(4-3-8(20)21)5-7-9(14)11(16)13(18)12(17)10(7)15/h6H,3-5H2,1-2H3,(H,20,21). The third-order valence-electron chi connectivity index (χ3n) is 3.01. The van der Waals surface area contributed by atoms with Crippen molar-refractivity contribution in [3.8, 4) is 0 Å². The highest BCUT2D eigenvalue weighted by Gasteiger charge is 2.27. The lowest BCUT2D eigenvalue weighted by Gasteiger charge is -2.26. The third kappa shape index (κ3) is 3.90. The van der Waals surface area contributed by atoms with E-state index < -0.39 is 47.2 Å². The van der Waals surface area contributed by atoms with E-state index in [-0.39, 0.29) is 19.0 Å². The molecule has 0 amide bonds. The van der Waals surface area contributed by atoms with Gasteiger partial charge < -0.3 is 5.11 Å². The molecular weight excluding hydrogens is 297 g/mol. The van der Waals surface area contributed by atoms with Crippen molar-refractivity contribution < 1.29 is 31.9 Å². The van der Waals surface area contributed by atoms with Gasteiger partial charge in [-0.25, -0.2) is 22.0 Å². The number of halogens is 5. The van der Waals surface area contributed by atoms with E-state index in [2.05, 4.69) is 0 Å². The molecule has 0 atom stereocenters. The molecular formula is C13H14F5NO2. The van der Waals surface area contributed by atoms with Crippen LogP contribution < -0.4 is 0 Å². The van der Waals surface area contributed by atoms with Crippen LogP contribution >= 0.6 is 0 Å². The lowest BCUT2D eigenvalue weighted by molar-refractivity contribution is -0.137. The Bertz CT molecular complexity index is 519. The van der Waals surface area contributed by atoms with Gasteiger partial charge in [-0.15, -0.1) is 0 Å². The quantitative estimate of drug-likeness (QED) is 0.499. The molecule has 0 spiro atoms. The van der Waals surface area contributed by atoms with E-state index in [9.17, 15) is 26.7 Å². The average Bonchev–Trinajstić information content (AvgIpc) is 2.41. The zero-order valence-corrected chi connectivity index (χ0v) is 11.4. The van der Waals surface area contributed by atoms with E-state index in [0.29, 0.717) is 0 Å². The summed E-state index contributed by atoms with van der Waals surface area (Å²) in [5.74, 6) is -11.1. The minimum absolute atomic E-state index is 0.0769. The molecule has 0 heterocycles. The Morgan fingerprint density at radius 2 is 1.43 bits per heavy atom. The number of carbonyl (C=O) groups is 1. The maximum atomic E-state index is 13.6. The first kappa shape index (κ1) is 17.4. The number of nitrogens with zero attached hydrogens (tertiary/aromatic N) is 1. The second-order valence-corrected chi connectivity index (χ2v) is 4.76. The smallest absolute Gasteiger partial charge is 0.304 e. The molecule has 0 saturated heterocycles. The van der Waals surface area contributed by atoms with Gasteiger partial charge in [0.2, 0.25) is 5.82 Å². The molecule has 0 bridgehead atoms. The Labute approximate surface area is 118 Å². The molecule has 0 fully saturated rings. The average molecular weight is 311 g/mol. The number of rotatable bonds is 6. The van der Waals surface area contributed by atoms with Crippen LogP contribution in [0.1, 0.15) is 25.8 Å². The molecule has 0 aliphatic rings. The summed E-state index contributed by atoms with van der Waals surface area (Å²) in [7, 11) is 0. The second kappa shape index (κ2) is 6.84. The van der Waals surface area contributed by atoms with E-state index >= 15 is 0 Å². The van der Waals surface area contributed by atoms with Gasteiger partial charge in [-0.2, -0.15) is 0 Å². The first-order valence-electron chi connectivity index (χ1n) is 6.13. The molecule has 0 aliphatic heterocycles. The highest BCUT2D eigenvalue weighted by Crippen LogP contribution is 2.24. The van der Waals surface area contributed by atoms with Crippen LogP contribution in [-0.2, 0) is 11.3 Å². The molecule has 1 rings (SSSR count). The fourth-order valence-corrected chi connectivity index (χ4v) is 1.75. The van der Waals surface area contributed by atoms with Crippen LogP contribution in [0.4, 0.5) is 22.0 Å². The van der Waals surface area contributed by atoms with Crippen molar-refractivity contribution in [1.29, 1.82) is 0 Å². The molecule has 0 aromatic heterocycles. The summed E-state index contributed by atoms with van der Waals surface area (Å²) in [5.41, 5.74) is -0.967. The lowest BCUT2D eigenvalue weighted by Crippen LogP contribution is -2.33. The van der Waals surface area contributed by atoms with Crippen molar-refractivity contribution in [3.05, 3.63) is 34.6 Å². The van der Waals surface area contributed by atoms with Gasteiger partial charge in [0, 0.05) is 24.7 Å². The Hall–Kier alpha value is -1.70. The second-order valence-electron chi connectivity index (χ2n) is 4.76. The van der Waals surface area contributed by atoms with Gasteiger partial charge in [0.15, 0.2) is 23.3 Å². The Morgan fingerprint density at radius 3 is 1.81 bits per heavy atom. The largest absolute Gasteiger partial charge is 0.481 e. The fourth-order valence-electron chi connectivity index (χ4n) is 1.75. The van der Waals surface area contributed by atoms with Crippen molar-refractivity contribution in [2.75, 3.05) is 6.54 Å². The summed E-state index contributed by atoms with van der Waals surface area (Å²) in [4.78, 5) is 11.8. The monoisotopic (exact) mass is 311 g/mol. The van der Waals surface area contributed by atoms with Crippen LogP contribution in [0.25, 0.3) is 0 Å². The first-order valence-corrected chi connectivity index (χ1v) is 6.13. The van der Waals surface area contributed by atoms with Gasteiger partial charge in [-0.1, -0.05) is 0 Å². The van der Waals surface area contributed by atoms with Gasteiger partial charge in [0.05, 0.1) is 6.42 Å². The van der Waals surface area contributed by atoms with Crippen LogP contribution in [0.5, 0.6) is 0 Å². The fraction of sp³-hybridized carbons (Fsp3) is 0.462. The number of hydrogen-bond acceptors (Lipinski definition) is 2. The summed E-state index contributed by atoms with van der Waals surface area (Å²) < 4.78 is 66.2. The van der Waals surface area contributed by atoms with Crippen LogP contribution in [0.2, 0.25) is 0 Å². The SMILES string of the molecule is CC(C)N(CCC(=O)O)Cc1c(F)c(F)c(F)c(F)c1F. The predicted octanol–water partition coefficient (Wildman–Crippen LogP) is 3.07. The summed E-state index contributed by atoms with van der Waals surface area (Å²) >= 11 is 0. The number of hydrogen-bond donors (Lipinski definition) is 1. The summed E-state index contributed by atoms with van der Waals surface area (Å²) in [5, 5.41) is 8.60. The lowest BCUT2D eigenvalue weighted by atomic mass is 10.1. The van der Waals surface area contributed by atoms with Crippen molar-refractivity contribution in [2.24, 2.45) is 0 Å². The van der Waals surface area contributed by atoms with E-state index in [1.165, 1.54) is 4.90 Å². The maximum absolute atomic E-state index is 13.6. The number of carboxylic acid groups (broad SMARTS) is 1. The summed E-state index contributed by atoms with van der Waals surface area (Å²) in [6.45, 7) is 2.59. The number of aliphatic carboxylic acids is 1. The molecule has 1 aromatic carbocycles. The van der Waals surface area contributed by atoms with E-state index in [4.69, 9.17) is 5.11 Å². The van der Waals surface area contributed by atoms with E-state index in [0.717, 1.165) is 0 Å². The Morgan fingerprint density at radius 1 is 1.00 bits per heavy atom. The van der Waals surface area contributed by atoms with Gasteiger partial charge in [-0.05, 0) is 13.8 Å². The van der Waals surface area contributed by atoms with Crippen molar-refractivity contribution in [2.45, 2.75) is 32.9 Å². The molecule has 0 aliphatic carbocycles. The highest BCUT2D eigenvalue weighted by atomic mass is 19.2. The van der Waals surface area contributed by atoms with Crippen molar-refractivity contribution in [1.82, 2.24) is 4.90 Å². The van der Waals surface area contributed by atoms with Crippen molar-refractivity contribution in [3.63, 3.8) is 0 Å². The third-order valence-corrected chi connectivity index (χ3v) is 3.01. The zero-order chi connectivity index (χ0) is 16.3. The summed E-state index contributed by atoms with van der Waals surface area (Å²) in [6.07, 6.45) is -0.312. The molecule has 0 radical (unpaired) electrons. The molecule has 118 valence electrons. The van der Waals surface area contributed by atoms with Crippen LogP contribution in [0, 0.1) is 29.1 Å². The topological polar surface area (TPSA) is 40.5 Å². The zero-order valence-electron chi connectivity index (χ0n) is 11.4. The Kier molecular flexibility index (Phi) is 5.65. The molecule has 0 saturated carbocycles. The van der Waals surface area contributed by atoms with Gasteiger partial charge >= 0.3 is 5.97 Å². The molecule has 8 heteroatoms. The van der Waals surface area contributed by atoms with Gasteiger partial charge in [-0.3, -0.25) is 9.69 Å². The van der Waals surface area contributed by atoms with Crippen LogP contribution in [0.3, 0.4) is 0 Å². The van der Waals surface area contributed by atoms with Crippen molar-refractivity contribution >= 4 is 5.97 Å². The molecule has 0 unspecified atom stereocenters. The van der Waals surface area contributed by atoms with Crippen LogP contribution in [0.15, 0.2) is 0 Å². The van der Waals surface area contributed by atoms with E-state index in [1.807, 2.05) is 0 Å². The first-order chi connectivity index (χ1) is 9.66. The normalized spacial score (nSPS) is 11.5. The molecule has 21 heavy (non-hydrogen) atoms. The number of carboxylic acids is 1. The van der Waals surface area contributed by atoms with Crippen LogP contribution in [-0.4, -0.2) is 28.6 Å². The summed E-state index contributed by atoms with van der Waals surface area (Å²) in [6, 6.07) is -0.334. The van der Waals surface area contributed by atoms with E-state index in [1.54, 1.807) is 13.8 Å². The minimum Gasteiger partial charge on any atom is -0.481 e. The molecule has 1 N–H and O–H groups in total. The molecule has 1 aromatic rings. The molecule has 3 nitrogen and oxygen atoms in total. The van der Waals surface area contributed by atoms with Gasteiger partial charge in [0.25, 0.3) is 0 Å². The highest BCUT2D eigenvalue weighted by molar-refractivity contribution is 5.66. The number of benzene rings is 1. The Balaban J connectivity index is 3.12.